The lowest BCUT2D eigenvalue weighted by atomic mass is 10.1. The first-order valence-corrected chi connectivity index (χ1v) is 14.4. The molecule has 2 unspecified atom stereocenters. The molecule has 218 valence electrons. The maximum absolute atomic E-state index is 13.3. The fourth-order valence-corrected chi connectivity index (χ4v) is 5.80. The van der Waals surface area contributed by atoms with E-state index in [2.05, 4.69) is 16.3 Å². The third kappa shape index (κ3) is 6.90. The van der Waals surface area contributed by atoms with Crippen LogP contribution >= 0.6 is 0 Å². The molecule has 4 N–H and O–H groups in total. The van der Waals surface area contributed by atoms with Gasteiger partial charge in [-0.25, -0.2) is 13.9 Å². The highest BCUT2D eigenvalue weighted by Gasteiger charge is 2.44. The number of pyridine rings is 1. The third-order valence-electron chi connectivity index (χ3n) is 7.03. The number of benzene rings is 1. The van der Waals surface area contributed by atoms with E-state index in [1.165, 1.54) is 0 Å². The summed E-state index contributed by atoms with van der Waals surface area (Å²) in [5.74, 6) is -1.34. The lowest BCUT2D eigenvalue weighted by molar-refractivity contribution is -0.136. The molecule has 0 spiro atoms. The number of hydroxylamine groups is 1. The number of nitrogens with zero attached hydrogens (tertiary/aromatic N) is 3. The van der Waals surface area contributed by atoms with Crippen molar-refractivity contribution < 1.29 is 23.2 Å². The van der Waals surface area contributed by atoms with Crippen LogP contribution in [0.15, 0.2) is 53.5 Å². The number of hydrogen-bond acceptors (Lipinski definition) is 8. The lowest BCUT2D eigenvalue weighted by Crippen LogP contribution is -2.49. The number of aromatic nitrogens is 1. The van der Waals surface area contributed by atoms with E-state index in [1.807, 2.05) is 20.8 Å². The fourth-order valence-electron chi connectivity index (χ4n) is 4.57. The van der Waals surface area contributed by atoms with Gasteiger partial charge in [0.2, 0.25) is 15.9 Å². The summed E-state index contributed by atoms with van der Waals surface area (Å²) in [5.41, 5.74) is 1.88. The summed E-state index contributed by atoms with van der Waals surface area (Å²) in [5, 5.41) is 9.24. The predicted octanol–water partition coefficient (Wildman–Crippen LogP) is 1.91. The van der Waals surface area contributed by atoms with Gasteiger partial charge in [-0.2, -0.15) is 0 Å². The number of H-pyrrole nitrogens is 1. The average Bonchev–Trinajstić information content (AvgIpc) is 3.08. The molecule has 0 bridgehead atoms. The second-order valence-corrected chi connectivity index (χ2v) is 12.7. The van der Waals surface area contributed by atoms with Gasteiger partial charge >= 0.3 is 0 Å². The van der Waals surface area contributed by atoms with Gasteiger partial charge in [-0.15, -0.1) is 0 Å². The molecule has 0 saturated carbocycles. The van der Waals surface area contributed by atoms with Crippen molar-refractivity contribution in [2.24, 2.45) is 0 Å². The van der Waals surface area contributed by atoms with Crippen LogP contribution in [0, 0.1) is 6.92 Å². The van der Waals surface area contributed by atoms with Crippen LogP contribution in [0.2, 0.25) is 0 Å². The number of aromatic amines is 1. The van der Waals surface area contributed by atoms with Crippen LogP contribution in [0.1, 0.15) is 50.7 Å². The molecular formula is C27H38N6O6S. The zero-order valence-electron chi connectivity index (χ0n) is 23.7. The van der Waals surface area contributed by atoms with E-state index < -0.39 is 39.2 Å². The Kier molecular flexibility index (Phi) is 9.12. The molecule has 0 aliphatic carbocycles. The summed E-state index contributed by atoms with van der Waals surface area (Å²) >= 11 is 0. The highest BCUT2D eigenvalue weighted by molar-refractivity contribution is 7.91. The largest absolute Gasteiger partial charge is 0.345 e. The molecule has 1 aliphatic rings. The topological polar surface area (TPSA) is 155 Å². The maximum atomic E-state index is 13.3. The molecular weight excluding hydrogens is 536 g/mol. The van der Waals surface area contributed by atoms with Crippen molar-refractivity contribution in [2.75, 3.05) is 24.9 Å². The summed E-state index contributed by atoms with van der Waals surface area (Å²) in [7, 11) is -2.36. The Hall–Kier alpha value is -3.68. The normalized spacial score (nSPS) is 18.1. The van der Waals surface area contributed by atoms with Gasteiger partial charge < -0.3 is 14.8 Å². The lowest BCUT2D eigenvalue weighted by Gasteiger charge is -2.36. The van der Waals surface area contributed by atoms with Crippen molar-refractivity contribution >= 4 is 27.5 Å². The van der Waals surface area contributed by atoms with E-state index in [0.717, 1.165) is 0 Å². The summed E-state index contributed by atoms with van der Waals surface area (Å²) < 4.78 is 28.8. The minimum Gasteiger partial charge on any atom is -0.345 e. The zero-order valence-corrected chi connectivity index (χ0v) is 24.5. The van der Waals surface area contributed by atoms with Crippen LogP contribution in [0.5, 0.6) is 0 Å². The summed E-state index contributed by atoms with van der Waals surface area (Å²) in [6.07, 6.45) is -0.937. The van der Waals surface area contributed by atoms with Crippen molar-refractivity contribution in [3.05, 3.63) is 75.8 Å². The van der Waals surface area contributed by atoms with Crippen molar-refractivity contribution in [2.45, 2.75) is 58.1 Å². The molecule has 2 amide bonds. The molecule has 1 fully saturated rings. The molecule has 1 aromatic carbocycles. The fraction of sp³-hybridized carbons (Fsp3) is 0.444. The van der Waals surface area contributed by atoms with Gasteiger partial charge in [-0.3, -0.25) is 29.2 Å². The van der Waals surface area contributed by atoms with Crippen molar-refractivity contribution in [1.29, 1.82) is 0 Å². The van der Waals surface area contributed by atoms with E-state index in [-0.39, 0.29) is 36.0 Å². The molecule has 1 saturated heterocycles. The Labute approximate surface area is 234 Å². The molecule has 12 nitrogen and oxygen atoms in total. The molecule has 1 aromatic heterocycles. The number of carbonyl (C=O) groups is 2. The monoisotopic (exact) mass is 574 g/mol. The quantitative estimate of drug-likeness (QED) is 0.262. The first-order chi connectivity index (χ1) is 18.6. The van der Waals surface area contributed by atoms with Gasteiger partial charge in [0, 0.05) is 35.6 Å². The second kappa shape index (κ2) is 11.8. The van der Waals surface area contributed by atoms with Gasteiger partial charge in [-0.1, -0.05) is 36.9 Å². The first-order valence-electron chi connectivity index (χ1n) is 12.7. The number of carbonyl (C=O) groups excluding carboxylic acids is 2. The number of anilines is 1. The molecule has 40 heavy (non-hydrogen) atoms. The standard InChI is InChI=1S/C27H38N6O6S/c1-17-13-21(24(25(36)28-17)30-40(38,39)16-20-11-9-8-10-12-20)26-32(14-22(34)29-37)18(2)19(3)33(26)15-23(35)31(7)27(4,5)6/h8-13,19,26,30,37H,2,14-16H2,1,3-7H3,(H,28,36)(H,29,34). The molecule has 1 aliphatic heterocycles. The van der Waals surface area contributed by atoms with Crippen LogP contribution in [0.25, 0.3) is 0 Å². The van der Waals surface area contributed by atoms with Gasteiger partial charge in [0.05, 0.1) is 12.3 Å². The third-order valence-corrected chi connectivity index (χ3v) is 8.26. The Morgan fingerprint density at radius 1 is 1.18 bits per heavy atom. The molecule has 2 aromatic rings. The molecule has 2 atom stereocenters. The Morgan fingerprint density at radius 2 is 1.80 bits per heavy atom. The number of sulfonamides is 1. The first kappa shape index (κ1) is 30.9. The minimum absolute atomic E-state index is 0.113. The molecule has 3 rings (SSSR count). The maximum Gasteiger partial charge on any atom is 0.272 e. The highest BCUT2D eigenvalue weighted by atomic mass is 32.2. The van der Waals surface area contributed by atoms with E-state index in [1.54, 1.807) is 77.5 Å². The molecule has 13 heteroatoms. The van der Waals surface area contributed by atoms with Crippen LogP contribution < -0.4 is 15.8 Å². The second-order valence-electron chi connectivity index (χ2n) is 11.0. The van der Waals surface area contributed by atoms with Crippen molar-refractivity contribution in [3.63, 3.8) is 0 Å². The van der Waals surface area contributed by atoms with Crippen molar-refractivity contribution in [1.82, 2.24) is 25.2 Å². The average molecular weight is 575 g/mol. The van der Waals surface area contributed by atoms with Crippen LogP contribution in [0.4, 0.5) is 5.69 Å². The van der Waals surface area contributed by atoms with Crippen LogP contribution in [-0.2, 0) is 25.4 Å². The summed E-state index contributed by atoms with van der Waals surface area (Å²) in [6, 6.07) is 9.66. The number of rotatable bonds is 9. The van der Waals surface area contributed by atoms with E-state index in [4.69, 9.17) is 0 Å². The number of likely N-dealkylation sites (N-methyl/N-ethyl adjacent to an activating group) is 1. The van der Waals surface area contributed by atoms with E-state index in [9.17, 15) is 28.0 Å². The van der Waals surface area contributed by atoms with Crippen LogP contribution in [0.3, 0.4) is 0 Å². The summed E-state index contributed by atoms with van der Waals surface area (Å²) in [6.45, 7) is 12.8. The van der Waals surface area contributed by atoms with Gasteiger partial charge in [-0.05, 0) is 46.2 Å². The van der Waals surface area contributed by atoms with Crippen LogP contribution in [-0.4, -0.2) is 76.8 Å². The number of hydrogen-bond donors (Lipinski definition) is 4. The number of aryl methyl sites for hydroxylation is 1. The van der Waals surface area contributed by atoms with E-state index >= 15 is 0 Å². The van der Waals surface area contributed by atoms with Gasteiger partial charge in [0.1, 0.15) is 18.4 Å². The molecule has 2 heterocycles. The minimum atomic E-state index is -4.04. The number of nitrogens with one attached hydrogen (secondary N) is 3. The Bertz CT molecular complexity index is 1430. The van der Waals surface area contributed by atoms with Gasteiger partial charge in [0.15, 0.2) is 0 Å². The summed E-state index contributed by atoms with van der Waals surface area (Å²) in [4.78, 5) is 46.4. The SMILES string of the molecule is C=C1C(C)N(CC(=O)N(C)C(C)(C)C)C(c2cc(C)[nH]c(=O)c2NS(=O)(=O)Cc2ccccc2)N1CC(=O)NO. The predicted molar refractivity (Wildman–Crippen MR) is 152 cm³/mol. The Morgan fingerprint density at radius 3 is 2.38 bits per heavy atom. The van der Waals surface area contributed by atoms with Crippen molar-refractivity contribution in [3.8, 4) is 0 Å². The Balaban J connectivity index is 2.14. The smallest absolute Gasteiger partial charge is 0.272 e. The number of amides is 2. The molecule has 0 radical (unpaired) electrons. The zero-order chi connectivity index (χ0) is 30.0. The van der Waals surface area contributed by atoms with E-state index in [0.29, 0.717) is 17.0 Å². The highest BCUT2D eigenvalue weighted by Crippen LogP contribution is 2.41. The van der Waals surface area contributed by atoms with Gasteiger partial charge in [0.25, 0.3) is 11.5 Å².